The lowest BCUT2D eigenvalue weighted by Gasteiger charge is -1.99. The molecule has 0 N–H and O–H groups in total. The number of nitrogens with zero attached hydrogens (tertiary/aromatic N) is 2. The molecule has 1 aromatic carbocycles. The summed E-state index contributed by atoms with van der Waals surface area (Å²) in [6.07, 6.45) is 3.72. The average Bonchev–Trinajstić information content (AvgIpc) is 2.57. The van der Waals surface area contributed by atoms with Gasteiger partial charge in [-0.15, -0.1) is 0 Å². The van der Waals surface area contributed by atoms with E-state index in [0.717, 1.165) is 11.1 Å². The molecule has 0 aliphatic carbocycles. The summed E-state index contributed by atoms with van der Waals surface area (Å²) in [4.78, 5) is 0. The number of hydrogen-bond donors (Lipinski definition) is 0. The predicted molar refractivity (Wildman–Crippen MR) is 58.7 cm³/mol. The van der Waals surface area contributed by atoms with Gasteiger partial charge in [0.2, 0.25) is 0 Å². The molecule has 0 unspecified atom stereocenters. The zero-order valence-electron chi connectivity index (χ0n) is 7.54. The van der Waals surface area contributed by atoms with Crippen LogP contribution in [0.3, 0.4) is 0 Å². The van der Waals surface area contributed by atoms with Gasteiger partial charge in [0.1, 0.15) is 0 Å². The summed E-state index contributed by atoms with van der Waals surface area (Å²) in [5, 5.41) is 5.22. The number of rotatable bonds is 1. The Kier molecular flexibility index (Phi) is 2.48. The van der Waals surface area contributed by atoms with Gasteiger partial charge in [-0.1, -0.05) is 29.3 Å². The molecule has 0 amide bonds. The Morgan fingerprint density at radius 3 is 2.50 bits per heavy atom. The molecule has 1 aromatic heterocycles. The van der Waals surface area contributed by atoms with Gasteiger partial charge in [-0.2, -0.15) is 5.10 Å². The van der Waals surface area contributed by atoms with Gasteiger partial charge in [0.15, 0.2) is 0 Å². The van der Waals surface area contributed by atoms with Crippen molar-refractivity contribution in [3.05, 3.63) is 40.6 Å². The van der Waals surface area contributed by atoms with E-state index in [1.807, 2.05) is 25.4 Å². The Morgan fingerprint density at radius 1 is 1.14 bits per heavy atom. The van der Waals surface area contributed by atoms with Crippen LogP contribution in [0.5, 0.6) is 0 Å². The van der Waals surface area contributed by atoms with Crippen molar-refractivity contribution in [1.29, 1.82) is 0 Å². The summed E-state index contributed by atoms with van der Waals surface area (Å²) < 4.78 is 1.75. The van der Waals surface area contributed by atoms with Crippen molar-refractivity contribution in [3.8, 4) is 11.1 Å². The standard InChI is InChI=1S/C10H8Cl2N2/c1-14-6-8(5-13-14)7-2-3-9(11)10(12)4-7/h2-6H,1H3. The van der Waals surface area contributed by atoms with Crippen LogP contribution in [0.1, 0.15) is 0 Å². The fraction of sp³-hybridized carbons (Fsp3) is 0.100. The Labute approximate surface area is 92.1 Å². The molecule has 72 valence electrons. The van der Waals surface area contributed by atoms with Gasteiger partial charge in [0.25, 0.3) is 0 Å². The average molecular weight is 227 g/mol. The number of hydrogen-bond acceptors (Lipinski definition) is 1. The highest BCUT2D eigenvalue weighted by atomic mass is 35.5. The molecule has 4 heteroatoms. The van der Waals surface area contributed by atoms with E-state index in [0.29, 0.717) is 10.0 Å². The first-order valence-corrected chi connectivity index (χ1v) is 4.86. The zero-order valence-corrected chi connectivity index (χ0v) is 9.05. The first kappa shape index (κ1) is 9.56. The molecule has 2 rings (SSSR count). The van der Waals surface area contributed by atoms with E-state index in [4.69, 9.17) is 23.2 Å². The molecule has 0 aliphatic heterocycles. The van der Waals surface area contributed by atoms with E-state index in [9.17, 15) is 0 Å². The second-order valence-corrected chi connectivity index (χ2v) is 3.85. The number of halogens is 2. The van der Waals surface area contributed by atoms with Crippen LogP contribution < -0.4 is 0 Å². The van der Waals surface area contributed by atoms with E-state index in [1.54, 1.807) is 16.9 Å². The lowest BCUT2D eigenvalue weighted by molar-refractivity contribution is 0.768. The van der Waals surface area contributed by atoms with Gasteiger partial charge in [-0.05, 0) is 17.7 Å². The van der Waals surface area contributed by atoms with Crippen molar-refractivity contribution in [1.82, 2.24) is 9.78 Å². The predicted octanol–water partition coefficient (Wildman–Crippen LogP) is 3.39. The van der Waals surface area contributed by atoms with E-state index in [2.05, 4.69) is 5.10 Å². The van der Waals surface area contributed by atoms with Gasteiger partial charge < -0.3 is 0 Å². The van der Waals surface area contributed by atoms with Gasteiger partial charge in [-0.25, -0.2) is 0 Å². The summed E-state index contributed by atoms with van der Waals surface area (Å²) in [6.45, 7) is 0. The molecule has 0 saturated heterocycles. The first-order valence-electron chi connectivity index (χ1n) is 4.11. The Bertz CT molecular complexity index is 463. The second kappa shape index (κ2) is 3.64. The number of aromatic nitrogens is 2. The highest BCUT2D eigenvalue weighted by Gasteiger charge is 2.03. The van der Waals surface area contributed by atoms with Crippen LogP contribution in [-0.4, -0.2) is 9.78 Å². The smallest absolute Gasteiger partial charge is 0.0598 e. The minimum atomic E-state index is 0.563. The van der Waals surface area contributed by atoms with Crippen molar-refractivity contribution in [3.63, 3.8) is 0 Å². The molecule has 0 bridgehead atoms. The Balaban J connectivity index is 2.47. The molecule has 0 atom stereocenters. The fourth-order valence-electron chi connectivity index (χ4n) is 1.25. The molecule has 2 aromatic rings. The summed E-state index contributed by atoms with van der Waals surface area (Å²) in [6, 6.07) is 5.54. The van der Waals surface area contributed by atoms with Gasteiger partial charge >= 0.3 is 0 Å². The second-order valence-electron chi connectivity index (χ2n) is 3.03. The van der Waals surface area contributed by atoms with E-state index >= 15 is 0 Å². The molecule has 0 spiro atoms. The minimum Gasteiger partial charge on any atom is -0.275 e. The van der Waals surface area contributed by atoms with Crippen LogP contribution in [0.2, 0.25) is 10.0 Å². The molecule has 14 heavy (non-hydrogen) atoms. The molecule has 0 radical (unpaired) electrons. The third-order valence-electron chi connectivity index (χ3n) is 1.96. The first-order chi connectivity index (χ1) is 6.66. The van der Waals surface area contributed by atoms with Crippen molar-refractivity contribution in [2.75, 3.05) is 0 Å². The quantitative estimate of drug-likeness (QED) is 0.730. The van der Waals surface area contributed by atoms with Crippen LogP contribution in [0.4, 0.5) is 0 Å². The lowest BCUT2D eigenvalue weighted by Crippen LogP contribution is -1.84. The van der Waals surface area contributed by atoms with Gasteiger partial charge in [0, 0.05) is 18.8 Å². The maximum atomic E-state index is 5.91. The largest absolute Gasteiger partial charge is 0.275 e. The molecule has 0 fully saturated rings. The number of aryl methyl sites for hydroxylation is 1. The van der Waals surface area contributed by atoms with Crippen LogP contribution in [0.15, 0.2) is 30.6 Å². The molecule has 0 saturated carbocycles. The van der Waals surface area contributed by atoms with Crippen LogP contribution in [0, 0.1) is 0 Å². The van der Waals surface area contributed by atoms with Crippen LogP contribution >= 0.6 is 23.2 Å². The van der Waals surface area contributed by atoms with Crippen molar-refractivity contribution in [2.24, 2.45) is 7.05 Å². The topological polar surface area (TPSA) is 17.8 Å². The summed E-state index contributed by atoms with van der Waals surface area (Å²) >= 11 is 11.7. The van der Waals surface area contributed by atoms with Gasteiger partial charge in [0.05, 0.1) is 16.2 Å². The van der Waals surface area contributed by atoms with E-state index in [-0.39, 0.29) is 0 Å². The summed E-state index contributed by atoms with van der Waals surface area (Å²) in [7, 11) is 1.88. The monoisotopic (exact) mass is 226 g/mol. The van der Waals surface area contributed by atoms with E-state index < -0.39 is 0 Å². The maximum absolute atomic E-state index is 5.91. The number of benzene rings is 1. The Hall–Kier alpha value is -0.990. The third-order valence-corrected chi connectivity index (χ3v) is 2.70. The molecule has 1 heterocycles. The summed E-state index contributed by atoms with van der Waals surface area (Å²) in [5.41, 5.74) is 2.05. The molecule has 2 nitrogen and oxygen atoms in total. The lowest BCUT2D eigenvalue weighted by atomic mass is 10.1. The minimum absolute atomic E-state index is 0.563. The molecular formula is C10H8Cl2N2. The SMILES string of the molecule is Cn1cc(-c2ccc(Cl)c(Cl)c2)cn1. The van der Waals surface area contributed by atoms with Gasteiger partial charge in [-0.3, -0.25) is 4.68 Å². The van der Waals surface area contributed by atoms with E-state index in [1.165, 1.54) is 0 Å². The van der Waals surface area contributed by atoms with Crippen LogP contribution in [-0.2, 0) is 7.05 Å². The third kappa shape index (κ3) is 1.76. The van der Waals surface area contributed by atoms with Crippen molar-refractivity contribution >= 4 is 23.2 Å². The highest BCUT2D eigenvalue weighted by Crippen LogP contribution is 2.27. The van der Waals surface area contributed by atoms with Crippen molar-refractivity contribution < 1.29 is 0 Å². The highest BCUT2D eigenvalue weighted by molar-refractivity contribution is 6.42. The fourth-order valence-corrected chi connectivity index (χ4v) is 1.54. The normalized spacial score (nSPS) is 10.5. The molecule has 0 aliphatic rings. The molecular weight excluding hydrogens is 219 g/mol. The van der Waals surface area contributed by atoms with Crippen molar-refractivity contribution in [2.45, 2.75) is 0 Å². The zero-order chi connectivity index (χ0) is 10.1. The Morgan fingerprint density at radius 2 is 1.93 bits per heavy atom. The van der Waals surface area contributed by atoms with Crippen LogP contribution in [0.25, 0.3) is 11.1 Å². The summed E-state index contributed by atoms with van der Waals surface area (Å²) in [5.74, 6) is 0. The maximum Gasteiger partial charge on any atom is 0.0598 e.